The first kappa shape index (κ1) is 28.3. The number of methoxy groups -OCH3 is 2. The van der Waals surface area contributed by atoms with Gasteiger partial charge in [-0.1, -0.05) is 12.1 Å². The van der Waals surface area contributed by atoms with Crippen LogP contribution in [0.3, 0.4) is 0 Å². The number of phenolic OH excluding ortho intramolecular Hbond substituents is 2. The molecule has 0 spiro atoms. The van der Waals surface area contributed by atoms with Crippen molar-refractivity contribution in [2.45, 2.75) is 19.8 Å². The normalized spacial score (nSPS) is 15.1. The zero-order valence-electron chi connectivity index (χ0n) is 22.2. The number of nitrogens with zero attached hydrogens (tertiary/aromatic N) is 1. The molecule has 0 unspecified atom stereocenters. The van der Waals surface area contributed by atoms with Crippen LogP contribution in [0.4, 0.5) is 0 Å². The van der Waals surface area contributed by atoms with Crippen molar-refractivity contribution in [3.05, 3.63) is 72.6 Å². The lowest BCUT2D eigenvalue weighted by Crippen LogP contribution is -2.42. The maximum absolute atomic E-state index is 13.7. The molecule has 0 amide bonds. The Labute approximate surface area is 232 Å². The average Bonchev–Trinajstić information content (AvgIpc) is 3.25. The number of aromatic nitrogens is 1. The molecule has 12 heteroatoms. The molecule has 2 heterocycles. The Morgan fingerprint density at radius 1 is 0.950 bits per heavy atom. The molecule has 0 fully saturated rings. The summed E-state index contributed by atoms with van der Waals surface area (Å²) in [6.07, 6.45) is 1.55. The van der Waals surface area contributed by atoms with Gasteiger partial charge in [-0.15, -0.1) is 11.3 Å². The van der Waals surface area contributed by atoms with E-state index in [2.05, 4.69) is 0 Å². The highest BCUT2D eigenvalue weighted by atomic mass is 32.1. The Balaban J connectivity index is 2.12. The van der Waals surface area contributed by atoms with E-state index in [-0.39, 0.29) is 62.4 Å². The smallest absolute Gasteiger partial charge is 0.338 e. The maximum Gasteiger partial charge on any atom is 0.338 e. The summed E-state index contributed by atoms with van der Waals surface area (Å²) in [4.78, 5) is 40.4. The summed E-state index contributed by atoms with van der Waals surface area (Å²) in [5, 5.41) is 20.1. The van der Waals surface area contributed by atoms with Gasteiger partial charge < -0.3 is 34.9 Å². The van der Waals surface area contributed by atoms with Gasteiger partial charge in [0.2, 0.25) is 0 Å². The number of carbonyl (C=O) groups excluding carboxylic acids is 2. The molecular formula is C28H28N2O9S. The van der Waals surface area contributed by atoms with Gasteiger partial charge in [0.05, 0.1) is 49.0 Å². The predicted octanol–water partition coefficient (Wildman–Crippen LogP) is 1.37. The fourth-order valence-electron chi connectivity index (χ4n) is 4.41. The molecule has 0 saturated heterocycles. The number of hydrogen-bond donors (Lipinski definition) is 3. The predicted molar refractivity (Wildman–Crippen MR) is 148 cm³/mol. The second kappa shape index (κ2) is 11.6. The fourth-order valence-corrected chi connectivity index (χ4v) is 5.57. The molecule has 40 heavy (non-hydrogen) atoms. The van der Waals surface area contributed by atoms with Crippen LogP contribution in [0, 0.1) is 0 Å². The third-order valence-corrected chi connectivity index (χ3v) is 7.29. The van der Waals surface area contributed by atoms with Crippen molar-refractivity contribution >= 4 is 40.7 Å². The van der Waals surface area contributed by atoms with Gasteiger partial charge in [0.1, 0.15) is 10.5 Å². The van der Waals surface area contributed by atoms with Crippen LogP contribution in [-0.4, -0.2) is 54.2 Å². The summed E-state index contributed by atoms with van der Waals surface area (Å²) >= 11 is 0.986. The Kier molecular flexibility index (Phi) is 8.19. The van der Waals surface area contributed by atoms with Gasteiger partial charge in [0.25, 0.3) is 5.56 Å². The second-order valence-corrected chi connectivity index (χ2v) is 9.54. The third kappa shape index (κ3) is 5.00. The zero-order chi connectivity index (χ0) is 29.1. The van der Waals surface area contributed by atoms with Crippen molar-refractivity contribution in [2.75, 3.05) is 27.4 Å². The van der Waals surface area contributed by atoms with Crippen LogP contribution in [0.5, 0.6) is 23.0 Å². The molecule has 3 aromatic rings. The summed E-state index contributed by atoms with van der Waals surface area (Å²) in [5.41, 5.74) is 6.70. The number of fused-ring (bicyclic) bond motifs is 1. The van der Waals surface area contributed by atoms with Crippen LogP contribution >= 0.6 is 11.3 Å². The number of phenols is 2. The third-order valence-electron chi connectivity index (χ3n) is 6.18. The van der Waals surface area contributed by atoms with Gasteiger partial charge in [-0.25, -0.2) is 9.59 Å². The summed E-state index contributed by atoms with van der Waals surface area (Å²) in [6, 6.07) is 8.92. The first-order chi connectivity index (χ1) is 19.2. The number of rotatable bonds is 8. The highest BCUT2D eigenvalue weighted by Gasteiger charge is 2.40. The van der Waals surface area contributed by atoms with E-state index in [4.69, 9.17) is 24.7 Å². The number of aromatic hydroxyl groups is 2. The Hall–Kier alpha value is -4.71. The first-order valence-corrected chi connectivity index (χ1v) is 13.0. The van der Waals surface area contributed by atoms with E-state index in [1.807, 2.05) is 0 Å². The number of ether oxygens (including phenoxy) is 4. The van der Waals surface area contributed by atoms with Crippen molar-refractivity contribution < 1.29 is 38.7 Å². The number of hydrogen-bond acceptors (Lipinski definition) is 11. The highest BCUT2D eigenvalue weighted by Crippen LogP contribution is 2.40. The molecular weight excluding hydrogens is 540 g/mol. The number of esters is 2. The van der Waals surface area contributed by atoms with Crippen molar-refractivity contribution in [1.82, 2.24) is 4.57 Å². The maximum atomic E-state index is 13.7. The molecule has 210 valence electrons. The summed E-state index contributed by atoms with van der Waals surface area (Å²) in [7, 11) is 2.77. The van der Waals surface area contributed by atoms with Gasteiger partial charge >= 0.3 is 11.9 Å². The molecule has 0 bridgehead atoms. The number of carbonyl (C=O) groups is 2. The van der Waals surface area contributed by atoms with Gasteiger partial charge in [-0.3, -0.25) is 9.36 Å². The summed E-state index contributed by atoms with van der Waals surface area (Å²) in [5.74, 6) is -2.80. The van der Waals surface area contributed by atoms with E-state index in [9.17, 15) is 24.6 Å². The minimum atomic E-state index is -1.10. The number of nitrogens with two attached hydrogens (primary N) is 1. The molecule has 2 aromatic carbocycles. The molecule has 1 atom stereocenters. The van der Waals surface area contributed by atoms with Crippen LogP contribution in [0.25, 0.3) is 17.5 Å². The van der Waals surface area contributed by atoms with E-state index in [0.717, 1.165) is 15.9 Å². The fraction of sp³-hybridized carbons (Fsp3) is 0.250. The molecule has 4 rings (SSSR count). The van der Waals surface area contributed by atoms with Crippen LogP contribution in [0.1, 0.15) is 30.9 Å². The van der Waals surface area contributed by atoms with E-state index in [1.54, 1.807) is 32.1 Å². The van der Waals surface area contributed by atoms with Crippen molar-refractivity contribution in [3.8, 4) is 23.0 Å². The van der Waals surface area contributed by atoms with Crippen molar-refractivity contribution in [1.29, 1.82) is 0 Å². The standard InChI is InChI=1S/C28H28N2O9S/c1-5-38-27(34)22-21(15-8-10-17(32)19(13-15)37-4)23(28(35)39-6-2)26-30(24(22)29)25(33)20(40-26)12-14-7-9-16(31)18(11-14)36-3/h7-13,21,31-32H,5-6,29H2,1-4H3/b20-12-/t21-/m1/s1. The SMILES string of the molecule is CCOC(=O)C1=C(N)n2c(s/c(=C\c3ccc(O)c(OC)c3)c2=O)=C(C(=O)OCC)[C@@H]1c1ccc(O)c(OC)c1. The Morgan fingerprint density at radius 2 is 1.52 bits per heavy atom. The monoisotopic (exact) mass is 568 g/mol. The number of thiazole rings is 1. The molecule has 1 aromatic heterocycles. The molecule has 1 aliphatic heterocycles. The lowest BCUT2D eigenvalue weighted by Gasteiger charge is -2.27. The molecule has 1 aliphatic rings. The largest absolute Gasteiger partial charge is 0.504 e. The van der Waals surface area contributed by atoms with E-state index < -0.39 is 23.4 Å². The molecule has 11 nitrogen and oxygen atoms in total. The van der Waals surface area contributed by atoms with Crippen molar-refractivity contribution in [3.63, 3.8) is 0 Å². The van der Waals surface area contributed by atoms with E-state index in [1.165, 1.54) is 38.5 Å². The van der Waals surface area contributed by atoms with Gasteiger partial charge in [0.15, 0.2) is 23.0 Å². The molecule has 0 aliphatic carbocycles. The quantitative estimate of drug-likeness (QED) is 0.339. The molecule has 4 N–H and O–H groups in total. The highest BCUT2D eigenvalue weighted by molar-refractivity contribution is 7.07. The topological polar surface area (TPSA) is 160 Å². The van der Waals surface area contributed by atoms with Crippen LogP contribution in [0.2, 0.25) is 0 Å². The Bertz CT molecular complexity index is 1700. The van der Waals surface area contributed by atoms with Gasteiger partial charge in [0, 0.05) is 0 Å². The van der Waals surface area contributed by atoms with Gasteiger partial charge in [-0.2, -0.15) is 0 Å². The zero-order valence-corrected chi connectivity index (χ0v) is 23.0. The van der Waals surface area contributed by atoms with Crippen LogP contribution in [0.15, 0.2) is 46.8 Å². The minimum Gasteiger partial charge on any atom is -0.504 e. The summed E-state index contributed by atoms with van der Waals surface area (Å²) < 4.78 is 22.5. The molecule has 0 radical (unpaired) electrons. The lowest BCUT2D eigenvalue weighted by molar-refractivity contribution is -0.138. The number of benzene rings is 2. The first-order valence-electron chi connectivity index (χ1n) is 12.2. The lowest BCUT2D eigenvalue weighted by atomic mass is 9.83. The van der Waals surface area contributed by atoms with E-state index >= 15 is 0 Å². The summed E-state index contributed by atoms with van der Waals surface area (Å²) in [6.45, 7) is 3.30. The average molecular weight is 569 g/mol. The van der Waals surface area contributed by atoms with Gasteiger partial charge in [-0.05, 0) is 55.3 Å². The van der Waals surface area contributed by atoms with Crippen LogP contribution in [-0.2, 0) is 19.1 Å². The molecule has 0 saturated carbocycles. The second-order valence-electron chi connectivity index (χ2n) is 8.51. The van der Waals surface area contributed by atoms with Crippen molar-refractivity contribution in [2.24, 2.45) is 5.73 Å². The Morgan fingerprint density at radius 3 is 2.12 bits per heavy atom. The van der Waals surface area contributed by atoms with Crippen LogP contribution < -0.4 is 30.0 Å². The minimum absolute atomic E-state index is 0.00289. The van der Waals surface area contributed by atoms with E-state index in [0.29, 0.717) is 11.1 Å².